The van der Waals surface area contributed by atoms with Crippen LogP contribution in [0.15, 0.2) is 36.4 Å². The Bertz CT molecular complexity index is 1140. The maximum absolute atomic E-state index is 13.5. The van der Waals surface area contributed by atoms with Crippen LogP contribution in [-0.4, -0.2) is 73.3 Å². The van der Waals surface area contributed by atoms with Crippen molar-refractivity contribution in [1.82, 2.24) is 15.1 Å². The Morgan fingerprint density at radius 2 is 1.77 bits per heavy atom. The zero-order valence-electron chi connectivity index (χ0n) is 24.1. The lowest BCUT2D eigenvalue weighted by Gasteiger charge is -2.38. The van der Waals surface area contributed by atoms with Crippen LogP contribution in [-0.2, 0) is 16.0 Å². The van der Waals surface area contributed by atoms with Crippen molar-refractivity contribution in [2.24, 2.45) is 0 Å². The van der Waals surface area contributed by atoms with Crippen molar-refractivity contribution in [3.63, 3.8) is 0 Å². The van der Waals surface area contributed by atoms with Crippen LogP contribution in [0.3, 0.4) is 0 Å². The number of anilines is 1. The van der Waals surface area contributed by atoms with Crippen molar-refractivity contribution < 1.29 is 28.3 Å². The molecule has 0 unspecified atom stereocenters. The minimum atomic E-state index is -0.488. The third kappa shape index (κ3) is 9.36. The summed E-state index contributed by atoms with van der Waals surface area (Å²) in [6, 6.07) is 9.60. The van der Waals surface area contributed by atoms with E-state index >= 15 is 0 Å². The molecule has 2 aliphatic rings. The van der Waals surface area contributed by atoms with Gasteiger partial charge in [-0.2, -0.15) is 0 Å². The van der Waals surface area contributed by atoms with E-state index in [1.54, 1.807) is 25.0 Å². The first kappa shape index (κ1) is 32.3. The van der Waals surface area contributed by atoms with E-state index in [1.807, 2.05) is 23.1 Å². The lowest BCUT2D eigenvalue weighted by atomic mass is 10.0. The molecule has 2 aliphatic heterocycles. The number of benzene rings is 2. The summed E-state index contributed by atoms with van der Waals surface area (Å²) < 4.78 is 18.8. The third-order valence-electron chi connectivity index (χ3n) is 6.40. The number of likely N-dealkylation sites (tertiary alicyclic amines) is 1. The monoisotopic (exact) mass is 556 g/mol. The van der Waals surface area contributed by atoms with Crippen molar-refractivity contribution in [2.75, 3.05) is 38.6 Å². The molecule has 4 amide bonds. The predicted octanol–water partition coefficient (Wildman–Crippen LogP) is 4.58. The smallest absolute Gasteiger partial charge is 0.322 e. The lowest BCUT2D eigenvalue weighted by molar-refractivity contribution is -0.131. The van der Waals surface area contributed by atoms with Crippen molar-refractivity contribution in [3.05, 3.63) is 58.9 Å². The highest BCUT2D eigenvalue weighted by molar-refractivity contribution is 5.96. The van der Waals surface area contributed by atoms with E-state index in [-0.39, 0.29) is 30.1 Å². The number of carbonyl (C=O) groups excluding carboxylic acids is 4. The van der Waals surface area contributed by atoms with Gasteiger partial charge in [0.25, 0.3) is 5.91 Å². The first-order valence-corrected chi connectivity index (χ1v) is 13.6. The number of amides is 4. The molecule has 0 saturated carbocycles. The second kappa shape index (κ2) is 16.2. The van der Waals surface area contributed by atoms with Gasteiger partial charge in [-0.3, -0.25) is 9.59 Å². The molecule has 0 bridgehead atoms. The molecule has 40 heavy (non-hydrogen) atoms. The molecule has 1 fully saturated rings. The van der Waals surface area contributed by atoms with E-state index in [1.165, 1.54) is 19.4 Å². The summed E-state index contributed by atoms with van der Waals surface area (Å²) in [6.45, 7) is 8.84. The number of methoxy groups -OCH3 is 1. The third-order valence-corrected chi connectivity index (χ3v) is 6.40. The number of ether oxygens (including phenoxy) is 1. The van der Waals surface area contributed by atoms with Crippen LogP contribution in [0.2, 0.25) is 0 Å². The van der Waals surface area contributed by atoms with Gasteiger partial charge >= 0.3 is 6.03 Å². The number of carbonyl (C=O) groups is 4. The zero-order valence-corrected chi connectivity index (χ0v) is 24.1. The van der Waals surface area contributed by atoms with Gasteiger partial charge in [-0.15, -0.1) is 0 Å². The van der Waals surface area contributed by atoms with Crippen molar-refractivity contribution in [2.45, 2.75) is 59.4 Å². The van der Waals surface area contributed by atoms with Gasteiger partial charge in [0.05, 0.1) is 13.7 Å². The number of fused-ring (bicyclic) bond motifs is 1. The van der Waals surface area contributed by atoms with Crippen LogP contribution in [0.1, 0.15) is 61.5 Å². The fraction of sp³-hybridized carbons (Fsp3) is 0.467. The van der Waals surface area contributed by atoms with Crippen LogP contribution < -0.4 is 15.4 Å². The maximum Gasteiger partial charge on any atom is 0.322 e. The molecule has 218 valence electrons. The van der Waals surface area contributed by atoms with E-state index in [9.17, 15) is 18.8 Å². The van der Waals surface area contributed by atoms with Gasteiger partial charge in [-0.25, -0.2) is 9.18 Å². The standard InChI is InChI=1S/C25H29FN4O4.C3H8.C2H4O/c1-16-11-18(13-19(26)12-16)24(32)27-15-23(31)29-8-6-20(7-9-29)30-10-5-17-14-21(34-2)3-4-22(17)28-25(30)33;1-3-2;1-2-3/h3-4,11-14,20H,5-10,15H2,1-2H3,(H,27,32)(H,28,33);3H2,1-2H3;2H,1H3. The van der Waals surface area contributed by atoms with Gasteiger partial charge in [0.1, 0.15) is 17.9 Å². The summed E-state index contributed by atoms with van der Waals surface area (Å²) in [5.74, 6) is -0.408. The van der Waals surface area contributed by atoms with Crippen LogP contribution in [0.25, 0.3) is 0 Å². The number of aryl methyl sites for hydroxylation is 1. The molecule has 10 heteroatoms. The highest BCUT2D eigenvalue weighted by Crippen LogP contribution is 2.27. The minimum Gasteiger partial charge on any atom is -0.497 e. The van der Waals surface area contributed by atoms with Gasteiger partial charge in [-0.1, -0.05) is 20.3 Å². The van der Waals surface area contributed by atoms with Crippen molar-refractivity contribution >= 4 is 29.8 Å². The molecule has 0 radical (unpaired) electrons. The van der Waals surface area contributed by atoms with E-state index in [2.05, 4.69) is 24.5 Å². The molecule has 0 atom stereocenters. The normalized spacial score (nSPS) is 14.7. The molecule has 2 aromatic carbocycles. The van der Waals surface area contributed by atoms with Gasteiger partial charge in [-0.05, 0) is 80.6 Å². The number of aldehydes is 1. The number of rotatable bonds is 5. The van der Waals surface area contributed by atoms with Gasteiger partial charge in [0, 0.05) is 36.9 Å². The average molecular weight is 557 g/mol. The van der Waals surface area contributed by atoms with Crippen LogP contribution in [0.4, 0.5) is 14.9 Å². The van der Waals surface area contributed by atoms with Crippen molar-refractivity contribution in [1.29, 1.82) is 0 Å². The fourth-order valence-electron chi connectivity index (χ4n) is 4.57. The molecule has 2 aromatic rings. The van der Waals surface area contributed by atoms with Crippen LogP contribution >= 0.6 is 0 Å². The summed E-state index contributed by atoms with van der Waals surface area (Å²) >= 11 is 0. The van der Waals surface area contributed by atoms with Crippen molar-refractivity contribution in [3.8, 4) is 5.75 Å². The predicted molar refractivity (Wildman–Crippen MR) is 153 cm³/mol. The highest BCUT2D eigenvalue weighted by atomic mass is 19.1. The molecule has 4 rings (SSSR count). The molecular formula is C30H41FN4O5. The van der Waals surface area contributed by atoms with E-state index in [0.717, 1.165) is 35.8 Å². The largest absolute Gasteiger partial charge is 0.497 e. The Morgan fingerprint density at radius 1 is 1.12 bits per heavy atom. The number of nitrogens with zero attached hydrogens (tertiary/aromatic N) is 2. The molecule has 1 saturated heterocycles. The fourth-order valence-corrected chi connectivity index (χ4v) is 4.57. The maximum atomic E-state index is 13.5. The summed E-state index contributed by atoms with van der Waals surface area (Å²) in [5.41, 5.74) is 2.66. The zero-order chi connectivity index (χ0) is 29.7. The first-order valence-electron chi connectivity index (χ1n) is 13.6. The van der Waals surface area contributed by atoms with Gasteiger partial charge in [0.15, 0.2) is 0 Å². The highest BCUT2D eigenvalue weighted by Gasteiger charge is 2.31. The molecular weight excluding hydrogens is 515 g/mol. The number of hydrogen-bond acceptors (Lipinski definition) is 5. The number of halogens is 1. The minimum absolute atomic E-state index is 0.0325. The molecule has 9 nitrogen and oxygen atoms in total. The number of piperidine rings is 1. The summed E-state index contributed by atoms with van der Waals surface area (Å²) in [5, 5.41) is 5.57. The molecule has 2 N–H and O–H groups in total. The molecule has 0 aromatic heterocycles. The average Bonchev–Trinajstić information content (AvgIpc) is 3.09. The van der Waals surface area contributed by atoms with Crippen LogP contribution in [0.5, 0.6) is 5.75 Å². The SMILES string of the molecule is CC=O.CCC.COc1ccc2c(c1)CCN(C1CCN(C(=O)CNC(=O)c3cc(C)cc(F)c3)CC1)C(=O)N2. The van der Waals surface area contributed by atoms with Gasteiger partial charge < -0.3 is 30.0 Å². The Morgan fingerprint density at radius 3 is 2.38 bits per heavy atom. The summed E-state index contributed by atoms with van der Waals surface area (Å²) in [4.78, 5) is 50.1. The Balaban J connectivity index is 0.000000858. The molecule has 2 heterocycles. The van der Waals surface area contributed by atoms with Crippen LogP contribution in [0, 0.1) is 12.7 Å². The molecule has 0 aliphatic carbocycles. The number of nitrogens with one attached hydrogen (secondary N) is 2. The summed E-state index contributed by atoms with van der Waals surface area (Å²) in [7, 11) is 1.62. The first-order chi connectivity index (χ1) is 19.2. The lowest BCUT2D eigenvalue weighted by Crippen LogP contribution is -2.51. The quantitative estimate of drug-likeness (QED) is 0.525. The summed E-state index contributed by atoms with van der Waals surface area (Å²) in [6.07, 6.45) is 4.04. The second-order valence-electron chi connectivity index (χ2n) is 9.65. The Labute approximate surface area is 236 Å². The Hall–Kier alpha value is -3.95. The topological polar surface area (TPSA) is 108 Å². The number of urea groups is 1. The Kier molecular flexibility index (Phi) is 13.1. The van der Waals surface area contributed by atoms with E-state index in [0.29, 0.717) is 38.0 Å². The number of hydrogen-bond donors (Lipinski definition) is 2. The van der Waals surface area contributed by atoms with E-state index in [4.69, 9.17) is 9.53 Å². The molecule has 0 spiro atoms. The second-order valence-corrected chi connectivity index (χ2v) is 9.65. The van der Waals surface area contributed by atoms with E-state index < -0.39 is 11.7 Å². The van der Waals surface area contributed by atoms with Gasteiger partial charge in [0.2, 0.25) is 5.91 Å².